The topological polar surface area (TPSA) is 85.7 Å². The van der Waals surface area contributed by atoms with E-state index < -0.39 is 0 Å². The van der Waals surface area contributed by atoms with E-state index in [1.54, 1.807) is 6.92 Å². The lowest BCUT2D eigenvalue weighted by atomic mass is 10.1. The van der Waals surface area contributed by atoms with Gasteiger partial charge in [-0.1, -0.05) is 23.7 Å². The van der Waals surface area contributed by atoms with E-state index in [0.717, 1.165) is 12.1 Å². The Labute approximate surface area is 180 Å². The summed E-state index contributed by atoms with van der Waals surface area (Å²) >= 11 is 5.89. The van der Waals surface area contributed by atoms with Crippen LogP contribution in [0.4, 0.5) is 5.69 Å². The number of halogens is 1. The first-order chi connectivity index (χ1) is 14.3. The first-order valence-corrected chi connectivity index (χ1v) is 10.1. The fraction of sp³-hybridized carbons (Fsp3) is 0.381. The summed E-state index contributed by atoms with van der Waals surface area (Å²) in [4.78, 5) is 34.1. The van der Waals surface area contributed by atoms with Crippen LogP contribution in [0, 0.1) is 6.92 Å². The number of rotatable bonds is 8. The van der Waals surface area contributed by atoms with E-state index in [1.165, 1.54) is 10.7 Å². The van der Waals surface area contributed by atoms with Gasteiger partial charge in [0.05, 0.1) is 5.69 Å². The number of carbonyl (C=O) groups excluding carboxylic acids is 1. The monoisotopic (exact) mass is 430 g/mol. The number of fused-ring (bicyclic) bond motifs is 1. The zero-order valence-corrected chi connectivity index (χ0v) is 18.5. The SMILES string of the molecule is Cc1nc2c(C(=O)NCCc3ccc(Cl)cc3)c[nH]n2c(=O)c1N(C)CCN(C)C. The van der Waals surface area contributed by atoms with Gasteiger partial charge in [-0.3, -0.25) is 14.7 Å². The molecule has 0 radical (unpaired) electrons. The molecule has 0 bridgehead atoms. The van der Waals surface area contributed by atoms with Crippen LogP contribution in [0.5, 0.6) is 0 Å². The summed E-state index contributed by atoms with van der Waals surface area (Å²) in [5.41, 5.74) is 2.63. The van der Waals surface area contributed by atoms with Crippen LogP contribution in [0.1, 0.15) is 21.6 Å². The van der Waals surface area contributed by atoms with Crippen molar-refractivity contribution in [3.05, 3.63) is 62.7 Å². The van der Waals surface area contributed by atoms with E-state index in [-0.39, 0.29) is 11.5 Å². The number of aromatic amines is 1. The van der Waals surface area contributed by atoms with E-state index in [9.17, 15) is 9.59 Å². The second-order valence-corrected chi connectivity index (χ2v) is 7.99. The van der Waals surface area contributed by atoms with Gasteiger partial charge in [0.2, 0.25) is 0 Å². The molecule has 3 rings (SSSR count). The average Bonchev–Trinajstić information content (AvgIpc) is 3.12. The van der Waals surface area contributed by atoms with Crippen LogP contribution in [-0.4, -0.2) is 66.2 Å². The Morgan fingerprint density at radius 2 is 1.90 bits per heavy atom. The number of benzene rings is 1. The van der Waals surface area contributed by atoms with Crippen molar-refractivity contribution in [2.24, 2.45) is 0 Å². The molecule has 0 aliphatic carbocycles. The van der Waals surface area contributed by atoms with Gasteiger partial charge in [-0.25, -0.2) is 4.98 Å². The number of likely N-dealkylation sites (N-methyl/N-ethyl adjacent to an activating group) is 2. The van der Waals surface area contributed by atoms with Crippen LogP contribution >= 0.6 is 11.6 Å². The Balaban J connectivity index is 1.76. The van der Waals surface area contributed by atoms with Gasteiger partial charge in [0.25, 0.3) is 11.5 Å². The molecule has 2 N–H and O–H groups in total. The Kier molecular flexibility index (Phi) is 6.79. The van der Waals surface area contributed by atoms with Crippen LogP contribution in [0.25, 0.3) is 5.65 Å². The maximum absolute atomic E-state index is 13.0. The van der Waals surface area contributed by atoms with Crippen molar-refractivity contribution in [3.8, 4) is 0 Å². The number of nitrogens with one attached hydrogen (secondary N) is 2. The largest absolute Gasteiger partial charge is 0.367 e. The average molecular weight is 431 g/mol. The van der Waals surface area contributed by atoms with Gasteiger partial charge in [0, 0.05) is 37.9 Å². The van der Waals surface area contributed by atoms with Gasteiger partial charge in [0.15, 0.2) is 5.65 Å². The van der Waals surface area contributed by atoms with Crippen molar-refractivity contribution in [3.63, 3.8) is 0 Å². The number of nitrogens with zero attached hydrogens (tertiary/aromatic N) is 4. The maximum Gasteiger partial charge on any atom is 0.296 e. The Bertz CT molecular complexity index is 1090. The molecule has 0 spiro atoms. The van der Waals surface area contributed by atoms with E-state index >= 15 is 0 Å². The van der Waals surface area contributed by atoms with E-state index in [4.69, 9.17) is 11.6 Å². The molecule has 0 saturated carbocycles. The second-order valence-electron chi connectivity index (χ2n) is 7.55. The molecule has 160 valence electrons. The number of hydrogen-bond donors (Lipinski definition) is 2. The molecule has 1 aromatic carbocycles. The summed E-state index contributed by atoms with van der Waals surface area (Å²) in [6.45, 7) is 3.75. The highest BCUT2D eigenvalue weighted by molar-refractivity contribution is 6.30. The molecule has 0 unspecified atom stereocenters. The van der Waals surface area contributed by atoms with Crippen LogP contribution < -0.4 is 15.8 Å². The van der Waals surface area contributed by atoms with E-state index in [0.29, 0.717) is 47.1 Å². The van der Waals surface area contributed by atoms with Crippen LogP contribution in [0.15, 0.2) is 35.3 Å². The van der Waals surface area contributed by atoms with Gasteiger partial charge in [-0.05, 0) is 45.1 Å². The van der Waals surface area contributed by atoms with Crippen molar-refractivity contribution in [1.82, 2.24) is 24.8 Å². The van der Waals surface area contributed by atoms with Gasteiger partial charge >= 0.3 is 0 Å². The lowest BCUT2D eigenvalue weighted by Crippen LogP contribution is -2.34. The molecule has 0 atom stereocenters. The van der Waals surface area contributed by atoms with Crippen LogP contribution in [-0.2, 0) is 6.42 Å². The lowest BCUT2D eigenvalue weighted by molar-refractivity contribution is 0.0955. The zero-order chi connectivity index (χ0) is 21.8. The molecule has 2 aromatic heterocycles. The normalized spacial score (nSPS) is 11.3. The molecular weight excluding hydrogens is 404 g/mol. The van der Waals surface area contributed by atoms with E-state index in [2.05, 4.69) is 20.3 Å². The maximum atomic E-state index is 13.0. The van der Waals surface area contributed by atoms with Gasteiger partial charge in [-0.15, -0.1) is 0 Å². The predicted molar refractivity (Wildman–Crippen MR) is 120 cm³/mol. The van der Waals surface area contributed by atoms with Gasteiger partial charge < -0.3 is 15.1 Å². The fourth-order valence-electron chi connectivity index (χ4n) is 3.25. The molecule has 0 saturated heterocycles. The van der Waals surface area contributed by atoms with Crippen molar-refractivity contribution < 1.29 is 4.79 Å². The Morgan fingerprint density at radius 3 is 2.57 bits per heavy atom. The summed E-state index contributed by atoms with van der Waals surface area (Å²) in [6.07, 6.45) is 2.20. The van der Waals surface area contributed by atoms with Crippen molar-refractivity contribution >= 4 is 28.8 Å². The van der Waals surface area contributed by atoms with Gasteiger partial charge in [0.1, 0.15) is 11.3 Å². The second kappa shape index (κ2) is 9.32. The van der Waals surface area contributed by atoms with Crippen LogP contribution in [0.3, 0.4) is 0 Å². The standard InChI is InChI=1S/C21H27ClN6O2/c1-14-18(27(4)12-11-26(2)3)21(30)28-19(25-14)17(13-24-28)20(29)23-10-9-15-5-7-16(22)8-6-15/h5-8,13,24H,9-12H2,1-4H3,(H,23,29). The highest BCUT2D eigenvalue weighted by Crippen LogP contribution is 2.15. The summed E-state index contributed by atoms with van der Waals surface area (Å²) in [6, 6.07) is 7.51. The summed E-state index contributed by atoms with van der Waals surface area (Å²) in [5, 5.41) is 6.44. The molecule has 2 heterocycles. The smallest absolute Gasteiger partial charge is 0.296 e. The summed E-state index contributed by atoms with van der Waals surface area (Å²) < 4.78 is 1.32. The summed E-state index contributed by atoms with van der Waals surface area (Å²) in [7, 11) is 5.84. The third-order valence-electron chi connectivity index (χ3n) is 4.93. The zero-order valence-electron chi connectivity index (χ0n) is 17.7. The number of hydrogen-bond acceptors (Lipinski definition) is 5. The number of aromatic nitrogens is 3. The predicted octanol–water partition coefficient (Wildman–Crippen LogP) is 1.95. The Hall–Kier alpha value is -2.84. The minimum Gasteiger partial charge on any atom is -0.367 e. The number of anilines is 1. The van der Waals surface area contributed by atoms with Crippen LogP contribution in [0.2, 0.25) is 5.02 Å². The molecule has 0 aliphatic rings. The van der Waals surface area contributed by atoms with Gasteiger partial charge in [-0.2, -0.15) is 4.52 Å². The first-order valence-electron chi connectivity index (χ1n) is 9.77. The summed E-state index contributed by atoms with van der Waals surface area (Å²) in [5.74, 6) is -0.275. The number of amides is 1. The fourth-order valence-corrected chi connectivity index (χ4v) is 3.37. The molecule has 8 nitrogen and oxygen atoms in total. The van der Waals surface area contributed by atoms with E-state index in [1.807, 2.05) is 50.3 Å². The molecule has 30 heavy (non-hydrogen) atoms. The minimum atomic E-state index is -0.275. The quantitative estimate of drug-likeness (QED) is 0.570. The molecule has 0 fully saturated rings. The minimum absolute atomic E-state index is 0.223. The van der Waals surface area contributed by atoms with Crippen molar-refractivity contribution in [2.45, 2.75) is 13.3 Å². The highest BCUT2D eigenvalue weighted by atomic mass is 35.5. The molecule has 3 aromatic rings. The number of H-pyrrole nitrogens is 1. The van der Waals surface area contributed by atoms with Crippen molar-refractivity contribution in [1.29, 1.82) is 0 Å². The number of aryl methyl sites for hydroxylation is 1. The molecular formula is C21H27ClN6O2. The molecule has 9 heteroatoms. The highest BCUT2D eigenvalue weighted by Gasteiger charge is 2.19. The third-order valence-corrected chi connectivity index (χ3v) is 5.19. The number of carbonyl (C=O) groups is 1. The first kappa shape index (κ1) is 21.9. The molecule has 0 aliphatic heterocycles. The Morgan fingerprint density at radius 1 is 1.20 bits per heavy atom. The van der Waals surface area contributed by atoms with Crippen molar-refractivity contribution in [2.75, 3.05) is 45.7 Å². The lowest BCUT2D eigenvalue weighted by Gasteiger charge is -2.22. The third kappa shape index (κ3) is 4.83. The molecule has 1 amide bonds.